The quantitative estimate of drug-likeness (QED) is 0.762. The third-order valence-corrected chi connectivity index (χ3v) is 3.61. The number of aromatic nitrogens is 1. The van der Waals surface area contributed by atoms with Crippen molar-refractivity contribution in [1.82, 2.24) is 9.88 Å². The number of H-pyrrole nitrogens is 1. The lowest BCUT2D eigenvalue weighted by Crippen LogP contribution is -2.28. The molecule has 4 heteroatoms. The van der Waals surface area contributed by atoms with Gasteiger partial charge in [0.25, 0.3) is 0 Å². The molecule has 0 aliphatic carbocycles. The minimum atomic E-state index is -0.211. The highest BCUT2D eigenvalue weighted by atomic mass is 19.1. The van der Waals surface area contributed by atoms with Gasteiger partial charge >= 0.3 is 0 Å². The zero-order valence-electron chi connectivity index (χ0n) is 10.3. The molecule has 1 aromatic heterocycles. The Bertz CT molecular complexity index is 618. The lowest BCUT2D eigenvalue weighted by atomic mass is 10.1. The highest BCUT2D eigenvalue weighted by molar-refractivity contribution is 5.85. The average Bonchev–Trinajstić information content (AvgIpc) is 2.54. The summed E-state index contributed by atoms with van der Waals surface area (Å²) in [7, 11) is 0. The Morgan fingerprint density at radius 2 is 2.28 bits per heavy atom. The van der Waals surface area contributed by atoms with E-state index in [0.29, 0.717) is 6.54 Å². The Balaban J connectivity index is 2.10. The molecule has 0 saturated carbocycles. The molecule has 1 amide bonds. The number of rotatable bonds is 0. The Kier molecular flexibility index (Phi) is 2.58. The Labute approximate surface area is 105 Å². The van der Waals surface area contributed by atoms with Crippen LogP contribution in [-0.4, -0.2) is 22.3 Å². The van der Waals surface area contributed by atoms with Crippen LogP contribution in [0.25, 0.3) is 10.9 Å². The molecule has 94 valence electrons. The van der Waals surface area contributed by atoms with Gasteiger partial charge in [-0.05, 0) is 36.6 Å². The van der Waals surface area contributed by atoms with E-state index in [-0.39, 0.29) is 11.7 Å². The number of fused-ring (bicyclic) bond motifs is 3. The van der Waals surface area contributed by atoms with Crippen LogP contribution >= 0.6 is 0 Å². The largest absolute Gasteiger partial charge is 0.357 e. The second-order valence-corrected chi connectivity index (χ2v) is 4.82. The van der Waals surface area contributed by atoms with E-state index in [0.717, 1.165) is 41.5 Å². The Hall–Kier alpha value is -1.84. The summed E-state index contributed by atoms with van der Waals surface area (Å²) in [6, 6.07) is 4.80. The van der Waals surface area contributed by atoms with Crippen molar-refractivity contribution in [3.8, 4) is 0 Å². The first kappa shape index (κ1) is 11.3. The van der Waals surface area contributed by atoms with Crippen LogP contribution in [-0.2, 0) is 17.8 Å². The minimum Gasteiger partial charge on any atom is -0.357 e. The minimum absolute atomic E-state index is 0.0905. The van der Waals surface area contributed by atoms with Crippen molar-refractivity contribution in [2.75, 3.05) is 6.54 Å². The molecule has 0 bridgehead atoms. The number of hydrogen-bond acceptors (Lipinski definition) is 1. The van der Waals surface area contributed by atoms with Gasteiger partial charge in [0.05, 0.1) is 6.54 Å². The lowest BCUT2D eigenvalue weighted by Gasteiger charge is -2.17. The van der Waals surface area contributed by atoms with Gasteiger partial charge in [-0.1, -0.05) is 0 Å². The summed E-state index contributed by atoms with van der Waals surface area (Å²) >= 11 is 0. The second kappa shape index (κ2) is 4.12. The van der Waals surface area contributed by atoms with Gasteiger partial charge < -0.3 is 9.88 Å². The van der Waals surface area contributed by atoms with Crippen molar-refractivity contribution in [3.05, 3.63) is 35.3 Å². The molecule has 18 heavy (non-hydrogen) atoms. The first-order valence-corrected chi connectivity index (χ1v) is 6.19. The predicted molar refractivity (Wildman–Crippen MR) is 67.7 cm³/mol. The zero-order valence-corrected chi connectivity index (χ0v) is 10.3. The summed E-state index contributed by atoms with van der Waals surface area (Å²) in [6.45, 7) is 2.96. The van der Waals surface area contributed by atoms with Crippen LogP contribution in [0, 0.1) is 5.82 Å². The molecule has 2 aromatic rings. The van der Waals surface area contributed by atoms with Crippen LogP contribution in [0.1, 0.15) is 24.6 Å². The van der Waals surface area contributed by atoms with E-state index in [2.05, 4.69) is 4.98 Å². The number of benzene rings is 1. The fraction of sp³-hybridized carbons (Fsp3) is 0.357. The van der Waals surface area contributed by atoms with E-state index < -0.39 is 0 Å². The fourth-order valence-electron chi connectivity index (χ4n) is 2.68. The van der Waals surface area contributed by atoms with Gasteiger partial charge in [0.15, 0.2) is 0 Å². The molecule has 0 unspecified atom stereocenters. The van der Waals surface area contributed by atoms with E-state index in [4.69, 9.17) is 0 Å². The van der Waals surface area contributed by atoms with E-state index in [9.17, 15) is 9.18 Å². The Morgan fingerprint density at radius 3 is 3.06 bits per heavy atom. The van der Waals surface area contributed by atoms with Gasteiger partial charge in [0.1, 0.15) is 5.82 Å². The summed E-state index contributed by atoms with van der Waals surface area (Å²) < 4.78 is 13.3. The van der Waals surface area contributed by atoms with Crippen LogP contribution in [0.15, 0.2) is 18.2 Å². The number of hydrogen-bond donors (Lipinski definition) is 1. The normalized spacial score (nSPS) is 15.6. The highest BCUT2D eigenvalue weighted by Gasteiger charge is 2.20. The zero-order chi connectivity index (χ0) is 12.7. The predicted octanol–water partition coefficient (Wildman–Crippen LogP) is 2.60. The number of aryl methyl sites for hydroxylation is 1. The SMILES string of the molecule is CC(=O)N1CCCc2c([nH]c3ccc(F)cc23)C1. The van der Waals surface area contributed by atoms with Crippen LogP contribution in [0.2, 0.25) is 0 Å². The van der Waals surface area contributed by atoms with Crippen molar-refractivity contribution in [2.24, 2.45) is 0 Å². The van der Waals surface area contributed by atoms with Gasteiger partial charge in [-0.3, -0.25) is 4.79 Å². The molecule has 1 N–H and O–H groups in total. The van der Waals surface area contributed by atoms with Crippen molar-refractivity contribution in [3.63, 3.8) is 0 Å². The average molecular weight is 246 g/mol. The first-order valence-electron chi connectivity index (χ1n) is 6.19. The smallest absolute Gasteiger partial charge is 0.219 e. The van der Waals surface area contributed by atoms with E-state index in [1.165, 1.54) is 6.07 Å². The maximum Gasteiger partial charge on any atom is 0.219 e. The summed E-state index contributed by atoms with van der Waals surface area (Å²) in [6.07, 6.45) is 1.82. The number of halogens is 1. The summed E-state index contributed by atoms with van der Waals surface area (Å²) in [5.74, 6) is -0.121. The highest BCUT2D eigenvalue weighted by Crippen LogP contribution is 2.27. The molecule has 1 aliphatic heterocycles. The van der Waals surface area contributed by atoms with Crippen LogP contribution in [0.4, 0.5) is 4.39 Å². The fourth-order valence-corrected chi connectivity index (χ4v) is 2.68. The molecule has 0 saturated heterocycles. The van der Waals surface area contributed by atoms with Crippen LogP contribution in [0.3, 0.4) is 0 Å². The third kappa shape index (κ3) is 1.78. The van der Waals surface area contributed by atoms with Crippen molar-refractivity contribution in [1.29, 1.82) is 0 Å². The number of carbonyl (C=O) groups excluding carboxylic acids is 1. The second-order valence-electron chi connectivity index (χ2n) is 4.82. The molecule has 0 atom stereocenters. The van der Waals surface area contributed by atoms with Gasteiger partial charge in [-0.2, -0.15) is 0 Å². The third-order valence-electron chi connectivity index (χ3n) is 3.61. The summed E-state index contributed by atoms with van der Waals surface area (Å²) in [5.41, 5.74) is 3.16. The number of amides is 1. The standard InChI is InChI=1S/C14H15FN2O/c1-9(18)17-6-2-3-11-12-7-10(15)4-5-13(12)16-14(11)8-17/h4-5,7,16H,2-3,6,8H2,1H3. The van der Waals surface area contributed by atoms with Crippen molar-refractivity contribution < 1.29 is 9.18 Å². The molecule has 3 nitrogen and oxygen atoms in total. The van der Waals surface area contributed by atoms with E-state index in [1.54, 1.807) is 19.1 Å². The molecule has 0 fully saturated rings. The maximum absolute atomic E-state index is 13.3. The van der Waals surface area contributed by atoms with Crippen LogP contribution in [0.5, 0.6) is 0 Å². The van der Waals surface area contributed by atoms with E-state index in [1.807, 2.05) is 4.90 Å². The molecule has 3 rings (SSSR count). The van der Waals surface area contributed by atoms with Gasteiger partial charge in [-0.25, -0.2) is 4.39 Å². The van der Waals surface area contributed by atoms with Gasteiger partial charge in [0.2, 0.25) is 5.91 Å². The molecule has 1 aliphatic rings. The topological polar surface area (TPSA) is 36.1 Å². The molecular weight excluding hydrogens is 231 g/mol. The molecule has 1 aromatic carbocycles. The monoisotopic (exact) mass is 246 g/mol. The number of carbonyl (C=O) groups is 1. The maximum atomic E-state index is 13.3. The number of nitrogens with one attached hydrogen (secondary N) is 1. The molecule has 0 spiro atoms. The molecular formula is C14H15FN2O. The summed E-state index contributed by atoms with van der Waals surface area (Å²) in [5, 5.41) is 0.954. The number of aromatic amines is 1. The van der Waals surface area contributed by atoms with Crippen LogP contribution < -0.4 is 0 Å². The van der Waals surface area contributed by atoms with Crippen molar-refractivity contribution in [2.45, 2.75) is 26.3 Å². The molecule has 2 heterocycles. The van der Waals surface area contributed by atoms with Crippen molar-refractivity contribution >= 4 is 16.8 Å². The van der Waals surface area contributed by atoms with Gasteiger partial charge in [-0.15, -0.1) is 0 Å². The first-order chi connectivity index (χ1) is 8.65. The van der Waals surface area contributed by atoms with E-state index >= 15 is 0 Å². The number of nitrogens with zero attached hydrogens (tertiary/aromatic N) is 1. The molecule has 0 radical (unpaired) electrons. The van der Waals surface area contributed by atoms with Gasteiger partial charge in [0, 0.05) is 30.1 Å². The Morgan fingerprint density at radius 1 is 1.44 bits per heavy atom. The lowest BCUT2D eigenvalue weighted by molar-refractivity contribution is -0.129. The summed E-state index contributed by atoms with van der Waals surface area (Å²) in [4.78, 5) is 16.6.